The SMILES string of the molecule is [3H]c1c(O)ccc2[nH]cc(C[C@H](N)C(=O)O)c12. The van der Waals surface area contributed by atoms with E-state index in [9.17, 15) is 9.90 Å². The number of benzene rings is 1. The van der Waals surface area contributed by atoms with Crippen LogP contribution in [0.4, 0.5) is 0 Å². The Labute approximate surface area is 92.9 Å². The number of hydrogen-bond donors (Lipinski definition) is 4. The van der Waals surface area contributed by atoms with E-state index >= 15 is 0 Å². The van der Waals surface area contributed by atoms with Crippen molar-refractivity contribution in [2.75, 3.05) is 0 Å². The van der Waals surface area contributed by atoms with Gasteiger partial charge >= 0.3 is 5.97 Å². The molecule has 2 aromatic rings. The molecule has 2 rings (SSSR count). The first-order valence-electron chi connectivity index (χ1n) is 5.27. The highest BCUT2D eigenvalue weighted by molar-refractivity contribution is 5.85. The number of fused-ring (bicyclic) bond motifs is 1. The fourth-order valence-electron chi connectivity index (χ4n) is 1.58. The Kier molecular flexibility index (Phi) is 2.23. The van der Waals surface area contributed by atoms with Gasteiger partial charge in [0.05, 0.1) is 1.37 Å². The number of carbonyl (C=O) groups is 1. The molecule has 1 aromatic heterocycles. The number of aromatic amines is 1. The van der Waals surface area contributed by atoms with Crippen LogP contribution in [-0.4, -0.2) is 27.2 Å². The van der Waals surface area contributed by atoms with Gasteiger partial charge in [0.25, 0.3) is 0 Å². The third-order valence-corrected chi connectivity index (χ3v) is 2.41. The van der Waals surface area contributed by atoms with Gasteiger partial charge in [-0.2, -0.15) is 0 Å². The van der Waals surface area contributed by atoms with Gasteiger partial charge in [-0.3, -0.25) is 4.79 Å². The van der Waals surface area contributed by atoms with Gasteiger partial charge in [0.15, 0.2) is 0 Å². The van der Waals surface area contributed by atoms with Crippen molar-refractivity contribution < 1.29 is 16.4 Å². The van der Waals surface area contributed by atoms with Gasteiger partial charge in [-0.15, -0.1) is 0 Å². The van der Waals surface area contributed by atoms with Crippen LogP contribution in [0, 0.1) is 0 Å². The fourth-order valence-corrected chi connectivity index (χ4v) is 1.58. The van der Waals surface area contributed by atoms with E-state index in [1.807, 2.05) is 0 Å². The summed E-state index contributed by atoms with van der Waals surface area (Å²) in [6.07, 6.45) is 1.73. The number of aromatic hydroxyl groups is 1. The maximum Gasteiger partial charge on any atom is 0.320 e. The highest BCUT2D eigenvalue weighted by Gasteiger charge is 2.14. The number of aliphatic carboxylic acids is 1. The van der Waals surface area contributed by atoms with Gasteiger partial charge in [0.1, 0.15) is 11.8 Å². The van der Waals surface area contributed by atoms with Gasteiger partial charge in [-0.25, -0.2) is 0 Å². The van der Waals surface area contributed by atoms with E-state index in [0.717, 1.165) is 0 Å². The number of H-pyrrole nitrogens is 1. The molecular formula is C11H12N2O3. The summed E-state index contributed by atoms with van der Waals surface area (Å²) in [7, 11) is 0. The summed E-state index contributed by atoms with van der Waals surface area (Å²) >= 11 is 0. The van der Waals surface area contributed by atoms with Crippen LogP contribution in [0.2, 0.25) is 0 Å². The molecule has 5 nitrogen and oxygen atoms in total. The number of nitrogens with two attached hydrogens (primary N) is 1. The second kappa shape index (κ2) is 3.86. The Bertz CT molecular complexity index is 579. The van der Waals surface area contributed by atoms with Gasteiger partial charge < -0.3 is 20.9 Å². The summed E-state index contributed by atoms with van der Waals surface area (Å²) in [6.45, 7) is 0. The normalized spacial score (nSPS) is 13.7. The smallest absolute Gasteiger partial charge is 0.320 e. The van der Waals surface area contributed by atoms with E-state index in [0.29, 0.717) is 16.5 Å². The zero-order valence-corrected chi connectivity index (χ0v) is 8.40. The molecule has 0 unspecified atom stereocenters. The van der Waals surface area contributed by atoms with Crippen molar-refractivity contribution in [2.24, 2.45) is 5.73 Å². The van der Waals surface area contributed by atoms with Crippen molar-refractivity contribution >= 4 is 16.9 Å². The Hall–Kier alpha value is -2.01. The van der Waals surface area contributed by atoms with Crippen LogP contribution in [0.25, 0.3) is 10.9 Å². The van der Waals surface area contributed by atoms with Crippen LogP contribution in [0.15, 0.2) is 24.4 Å². The van der Waals surface area contributed by atoms with Crippen molar-refractivity contribution in [2.45, 2.75) is 12.5 Å². The molecule has 1 atom stereocenters. The summed E-state index contributed by atoms with van der Waals surface area (Å²) < 4.78 is 7.74. The first-order chi connectivity index (χ1) is 8.00. The summed E-state index contributed by atoms with van der Waals surface area (Å²) in [5.74, 6) is -1.23. The third-order valence-electron chi connectivity index (χ3n) is 2.41. The first-order valence-corrected chi connectivity index (χ1v) is 4.77. The van der Waals surface area contributed by atoms with Crippen LogP contribution in [-0.2, 0) is 11.2 Å². The van der Waals surface area contributed by atoms with E-state index in [-0.39, 0.29) is 18.2 Å². The third kappa shape index (κ3) is 1.85. The quantitative estimate of drug-likeness (QED) is 0.618. The average molecular weight is 222 g/mol. The number of nitrogens with one attached hydrogen (secondary N) is 1. The Morgan fingerprint density at radius 2 is 2.38 bits per heavy atom. The van der Waals surface area contributed by atoms with E-state index in [4.69, 9.17) is 12.2 Å². The lowest BCUT2D eigenvalue weighted by molar-refractivity contribution is -0.138. The number of rotatable bonds is 3. The topological polar surface area (TPSA) is 99.3 Å². The van der Waals surface area contributed by atoms with E-state index in [2.05, 4.69) is 4.98 Å². The molecule has 0 fully saturated rings. The van der Waals surface area contributed by atoms with Crippen LogP contribution in [0.3, 0.4) is 0 Å². The van der Waals surface area contributed by atoms with E-state index < -0.39 is 12.0 Å². The number of phenolic OH excluding ortho intramolecular Hbond substituents is 1. The second-order valence-corrected chi connectivity index (χ2v) is 3.60. The lowest BCUT2D eigenvalue weighted by atomic mass is 10.1. The van der Waals surface area contributed by atoms with E-state index in [1.54, 1.807) is 12.3 Å². The lowest BCUT2D eigenvalue weighted by Gasteiger charge is -2.04. The lowest BCUT2D eigenvalue weighted by Crippen LogP contribution is -2.32. The fraction of sp³-hybridized carbons (Fsp3) is 0.182. The molecule has 1 heterocycles. The van der Waals surface area contributed by atoms with Crippen molar-refractivity contribution in [3.05, 3.63) is 29.9 Å². The molecule has 0 aliphatic carbocycles. The van der Waals surface area contributed by atoms with E-state index in [1.165, 1.54) is 6.07 Å². The number of phenols is 1. The maximum atomic E-state index is 10.7. The average Bonchev–Trinajstić information content (AvgIpc) is 2.67. The van der Waals surface area contributed by atoms with Crippen molar-refractivity contribution in [1.29, 1.82) is 0 Å². The first kappa shape index (κ1) is 9.23. The highest BCUT2D eigenvalue weighted by atomic mass is 16.4. The molecule has 0 aliphatic rings. The van der Waals surface area contributed by atoms with Gasteiger partial charge in [-0.1, -0.05) is 0 Å². The summed E-state index contributed by atoms with van der Waals surface area (Å²) in [5, 5.41) is 18.7. The standard InChI is InChI=1S/C11H12N2O3/c12-9(11(15)16)3-6-5-13-10-2-1-7(14)4-8(6)10/h1-2,4-5,9,13-14H,3,12H2,(H,15,16)/t9-/m0/s1/i4T. The van der Waals surface area contributed by atoms with Crippen LogP contribution < -0.4 is 5.73 Å². The molecule has 5 N–H and O–H groups in total. The summed E-state index contributed by atoms with van der Waals surface area (Å²) in [5.41, 5.74) is 6.75. The van der Waals surface area contributed by atoms with Gasteiger partial charge in [0.2, 0.25) is 0 Å². The largest absolute Gasteiger partial charge is 0.508 e. The van der Waals surface area contributed by atoms with Crippen LogP contribution in [0.5, 0.6) is 5.75 Å². The zero-order valence-electron chi connectivity index (χ0n) is 9.40. The van der Waals surface area contributed by atoms with Gasteiger partial charge in [0, 0.05) is 23.5 Å². The number of carboxylic acids is 1. The molecule has 0 radical (unpaired) electrons. The van der Waals surface area contributed by atoms with Crippen molar-refractivity contribution in [3.8, 4) is 5.75 Å². The number of aromatic nitrogens is 1. The Morgan fingerprint density at radius 1 is 1.62 bits per heavy atom. The molecule has 16 heavy (non-hydrogen) atoms. The number of hydrogen-bond acceptors (Lipinski definition) is 3. The molecule has 0 saturated heterocycles. The molecule has 0 bridgehead atoms. The molecule has 84 valence electrons. The molecule has 0 spiro atoms. The second-order valence-electron chi connectivity index (χ2n) is 3.60. The monoisotopic (exact) mass is 222 g/mol. The zero-order chi connectivity index (χ0) is 12.6. The maximum absolute atomic E-state index is 10.7. The van der Waals surface area contributed by atoms with Gasteiger partial charge in [-0.05, 0) is 23.7 Å². The minimum absolute atomic E-state index is 0.0173. The minimum atomic E-state index is -1.09. The minimum Gasteiger partial charge on any atom is -0.508 e. The molecule has 1 aromatic carbocycles. The summed E-state index contributed by atoms with van der Waals surface area (Å²) in [6, 6.07) is 2.02. The molecule has 0 amide bonds. The molecule has 0 aliphatic heterocycles. The van der Waals surface area contributed by atoms with Crippen LogP contribution >= 0.6 is 0 Å². The Morgan fingerprint density at radius 3 is 3.06 bits per heavy atom. The molecule has 5 heteroatoms. The Balaban J connectivity index is 2.48. The number of carboxylic acid groups (broad SMARTS) is 1. The molecule has 0 saturated carbocycles. The van der Waals surface area contributed by atoms with Crippen LogP contribution in [0.1, 0.15) is 6.93 Å². The predicted molar refractivity (Wildman–Crippen MR) is 59.3 cm³/mol. The molecular weight excluding hydrogens is 208 g/mol. The van der Waals surface area contributed by atoms with Crippen molar-refractivity contribution in [3.63, 3.8) is 0 Å². The predicted octanol–water partition coefficient (Wildman–Crippen LogP) is 0.828. The highest BCUT2D eigenvalue weighted by Crippen LogP contribution is 2.23. The summed E-state index contributed by atoms with van der Waals surface area (Å²) in [4.78, 5) is 13.6. The van der Waals surface area contributed by atoms with Crippen molar-refractivity contribution in [1.82, 2.24) is 4.98 Å².